The maximum Gasteiger partial charge on any atom is 0.165 e. The van der Waals surface area contributed by atoms with Gasteiger partial charge < -0.3 is 19.9 Å². The highest BCUT2D eigenvalue weighted by Crippen LogP contribution is 2.26. The van der Waals surface area contributed by atoms with Crippen LogP contribution in [0.1, 0.15) is 18.5 Å². The summed E-state index contributed by atoms with van der Waals surface area (Å²) in [6.07, 6.45) is 0. The molecule has 1 atom stereocenters. The minimum Gasteiger partial charge on any atom is -0.488 e. The number of ether oxygens (including phenoxy) is 3. The lowest BCUT2D eigenvalue weighted by molar-refractivity contribution is 0.0536. The molecule has 102 valence electrons. The first kappa shape index (κ1) is 14.9. The third kappa shape index (κ3) is 4.60. The Morgan fingerprint density at radius 2 is 1.94 bits per heavy atom. The van der Waals surface area contributed by atoms with Crippen molar-refractivity contribution in [2.75, 3.05) is 33.5 Å². The second-order valence-electron chi connectivity index (χ2n) is 3.90. The van der Waals surface area contributed by atoms with Crippen LogP contribution in [0.25, 0.3) is 0 Å². The van der Waals surface area contributed by atoms with Crippen molar-refractivity contribution in [2.24, 2.45) is 5.73 Å². The van der Waals surface area contributed by atoms with Gasteiger partial charge in [0.2, 0.25) is 0 Å². The van der Waals surface area contributed by atoms with Crippen molar-refractivity contribution < 1.29 is 18.6 Å². The molecule has 0 fully saturated rings. The molecule has 0 aliphatic rings. The Hall–Kier alpha value is -1.17. The summed E-state index contributed by atoms with van der Waals surface area (Å²) < 4.78 is 29.1. The van der Waals surface area contributed by atoms with Crippen LogP contribution in [-0.4, -0.2) is 33.5 Å². The van der Waals surface area contributed by atoms with Crippen LogP contribution in [0, 0.1) is 5.82 Å². The van der Waals surface area contributed by atoms with E-state index in [2.05, 4.69) is 0 Å². The Kier molecular flexibility index (Phi) is 6.64. The quantitative estimate of drug-likeness (QED) is 0.722. The van der Waals surface area contributed by atoms with Gasteiger partial charge in [0, 0.05) is 18.7 Å². The van der Waals surface area contributed by atoms with Crippen LogP contribution < -0.4 is 10.5 Å². The van der Waals surface area contributed by atoms with E-state index in [1.807, 2.05) is 0 Å². The number of benzene rings is 1. The molecule has 0 radical (unpaired) electrons. The topological polar surface area (TPSA) is 53.7 Å². The van der Waals surface area contributed by atoms with Crippen LogP contribution in [0.4, 0.5) is 4.39 Å². The van der Waals surface area contributed by atoms with Gasteiger partial charge in [-0.05, 0) is 13.0 Å². The highest BCUT2D eigenvalue weighted by molar-refractivity contribution is 5.36. The monoisotopic (exact) mass is 257 g/mol. The molecule has 0 amide bonds. The fourth-order valence-corrected chi connectivity index (χ4v) is 1.48. The predicted molar refractivity (Wildman–Crippen MR) is 67.2 cm³/mol. The number of hydrogen-bond donors (Lipinski definition) is 1. The fourth-order valence-electron chi connectivity index (χ4n) is 1.48. The van der Waals surface area contributed by atoms with Gasteiger partial charge in [-0.3, -0.25) is 0 Å². The van der Waals surface area contributed by atoms with Gasteiger partial charge in [0.15, 0.2) is 11.6 Å². The average molecular weight is 257 g/mol. The standard InChI is InChI=1S/C13H20FNO3/c1-10(15)11-4-3-5-12(14)13(11)18-9-8-17-7-6-16-2/h3-5,10H,6-9,15H2,1-2H3/t10-/m0/s1. The van der Waals surface area contributed by atoms with Gasteiger partial charge in [-0.1, -0.05) is 12.1 Å². The molecule has 5 heteroatoms. The van der Waals surface area contributed by atoms with Gasteiger partial charge in [-0.15, -0.1) is 0 Å². The summed E-state index contributed by atoms with van der Waals surface area (Å²) in [6, 6.07) is 4.46. The maximum absolute atomic E-state index is 13.6. The fraction of sp³-hybridized carbons (Fsp3) is 0.538. The number of methoxy groups -OCH3 is 1. The van der Waals surface area contributed by atoms with Crippen molar-refractivity contribution in [3.63, 3.8) is 0 Å². The first-order valence-corrected chi connectivity index (χ1v) is 5.90. The summed E-state index contributed by atoms with van der Waals surface area (Å²) in [6.45, 7) is 3.49. The Balaban J connectivity index is 2.46. The minimum atomic E-state index is -0.401. The normalized spacial score (nSPS) is 12.4. The van der Waals surface area contributed by atoms with Gasteiger partial charge >= 0.3 is 0 Å². The lowest BCUT2D eigenvalue weighted by atomic mass is 10.1. The Morgan fingerprint density at radius 3 is 2.61 bits per heavy atom. The zero-order valence-corrected chi connectivity index (χ0v) is 10.8. The molecule has 2 N–H and O–H groups in total. The molecule has 0 heterocycles. The van der Waals surface area contributed by atoms with E-state index in [-0.39, 0.29) is 18.4 Å². The number of rotatable bonds is 8. The summed E-state index contributed by atoms with van der Waals surface area (Å²) in [5.41, 5.74) is 6.42. The highest BCUT2D eigenvalue weighted by Gasteiger charge is 2.12. The molecule has 0 bridgehead atoms. The molecule has 1 rings (SSSR count). The van der Waals surface area contributed by atoms with Crippen molar-refractivity contribution in [1.29, 1.82) is 0 Å². The van der Waals surface area contributed by atoms with E-state index in [0.717, 1.165) is 0 Å². The van der Waals surface area contributed by atoms with Crippen LogP contribution in [0.15, 0.2) is 18.2 Å². The molecule has 0 saturated carbocycles. The third-order valence-corrected chi connectivity index (χ3v) is 2.39. The number of hydrogen-bond acceptors (Lipinski definition) is 4. The van der Waals surface area contributed by atoms with E-state index in [0.29, 0.717) is 25.4 Å². The highest BCUT2D eigenvalue weighted by atomic mass is 19.1. The molecule has 0 aromatic heterocycles. The zero-order chi connectivity index (χ0) is 13.4. The molecule has 0 saturated heterocycles. The summed E-state index contributed by atoms with van der Waals surface area (Å²) in [7, 11) is 1.61. The second kappa shape index (κ2) is 8.02. The lowest BCUT2D eigenvalue weighted by Crippen LogP contribution is -2.13. The van der Waals surface area contributed by atoms with Crippen molar-refractivity contribution >= 4 is 0 Å². The summed E-state index contributed by atoms with van der Waals surface area (Å²) in [5, 5.41) is 0. The van der Waals surface area contributed by atoms with Gasteiger partial charge in [-0.2, -0.15) is 0 Å². The van der Waals surface area contributed by atoms with Crippen molar-refractivity contribution in [2.45, 2.75) is 13.0 Å². The van der Waals surface area contributed by atoms with E-state index >= 15 is 0 Å². The minimum absolute atomic E-state index is 0.211. The Labute approximate surface area is 107 Å². The number of para-hydroxylation sites is 1. The first-order chi connectivity index (χ1) is 8.66. The molecule has 4 nitrogen and oxygen atoms in total. The number of nitrogens with two attached hydrogens (primary N) is 1. The van der Waals surface area contributed by atoms with Gasteiger partial charge in [-0.25, -0.2) is 4.39 Å². The second-order valence-corrected chi connectivity index (χ2v) is 3.90. The molecule has 0 aliphatic heterocycles. The Bertz CT molecular complexity index is 358. The van der Waals surface area contributed by atoms with Crippen LogP contribution in [0.3, 0.4) is 0 Å². The van der Waals surface area contributed by atoms with Crippen molar-refractivity contribution in [1.82, 2.24) is 0 Å². The van der Waals surface area contributed by atoms with Crippen LogP contribution in [0.5, 0.6) is 5.75 Å². The molecule has 1 aromatic rings. The number of halogens is 1. The van der Waals surface area contributed by atoms with Crippen LogP contribution >= 0.6 is 0 Å². The van der Waals surface area contributed by atoms with Crippen molar-refractivity contribution in [3.8, 4) is 5.75 Å². The molecule has 0 unspecified atom stereocenters. The molecule has 0 aliphatic carbocycles. The van der Waals surface area contributed by atoms with Crippen LogP contribution in [0.2, 0.25) is 0 Å². The maximum atomic E-state index is 13.6. The average Bonchev–Trinajstić information content (AvgIpc) is 2.34. The van der Waals surface area contributed by atoms with Crippen LogP contribution in [-0.2, 0) is 9.47 Å². The van der Waals surface area contributed by atoms with E-state index < -0.39 is 5.82 Å². The zero-order valence-electron chi connectivity index (χ0n) is 10.8. The van der Waals surface area contributed by atoms with E-state index in [1.165, 1.54) is 6.07 Å². The molecule has 18 heavy (non-hydrogen) atoms. The van der Waals surface area contributed by atoms with Gasteiger partial charge in [0.25, 0.3) is 0 Å². The smallest absolute Gasteiger partial charge is 0.165 e. The van der Waals surface area contributed by atoms with Gasteiger partial charge in [0.05, 0.1) is 19.8 Å². The first-order valence-electron chi connectivity index (χ1n) is 5.90. The lowest BCUT2D eigenvalue weighted by Gasteiger charge is -2.14. The molecule has 1 aromatic carbocycles. The SMILES string of the molecule is COCCOCCOc1c(F)cccc1[C@H](C)N. The van der Waals surface area contributed by atoms with Crippen molar-refractivity contribution in [3.05, 3.63) is 29.6 Å². The summed E-state index contributed by atoms with van der Waals surface area (Å²) in [5.74, 6) is -0.190. The molecular formula is C13H20FNO3. The van der Waals surface area contributed by atoms with Gasteiger partial charge in [0.1, 0.15) is 6.61 Å². The summed E-state index contributed by atoms with van der Waals surface area (Å²) in [4.78, 5) is 0. The van der Waals surface area contributed by atoms with E-state index in [4.69, 9.17) is 19.9 Å². The predicted octanol–water partition coefficient (Wildman–Crippen LogP) is 1.89. The summed E-state index contributed by atoms with van der Waals surface area (Å²) >= 11 is 0. The third-order valence-electron chi connectivity index (χ3n) is 2.39. The van der Waals surface area contributed by atoms with E-state index in [9.17, 15) is 4.39 Å². The van der Waals surface area contributed by atoms with E-state index in [1.54, 1.807) is 26.2 Å². The Morgan fingerprint density at radius 1 is 1.22 bits per heavy atom. The molecule has 0 spiro atoms. The molecular weight excluding hydrogens is 237 g/mol. The largest absolute Gasteiger partial charge is 0.488 e.